The molecule has 0 amide bonds. The Balaban J connectivity index is -0.0000000379. The monoisotopic (exact) mass is 229 g/mol. The van der Waals surface area contributed by atoms with Crippen molar-refractivity contribution in [3.05, 3.63) is 30.3 Å². The number of aliphatic hydroxyl groups excluding tert-OH is 1. The van der Waals surface area contributed by atoms with Gasteiger partial charge in [0.25, 0.3) is 0 Å². The molecule has 11 heavy (non-hydrogen) atoms. The molecule has 0 aliphatic rings. The van der Waals surface area contributed by atoms with Crippen molar-refractivity contribution in [1.82, 2.24) is 0 Å². The molecule has 0 spiro atoms. The Bertz CT molecular complexity index is 83.3. The van der Waals surface area contributed by atoms with Gasteiger partial charge in [0.15, 0.2) is 0 Å². The van der Waals surface area contributed by atoms with Gasteiger partial charge in [-0.15, -0.1) is 0 Å². The molecule has 1 rings (SSSR count). The Morgan fingerprint density at radius 1 is 1.18 bits per heavy atom. The van der Waals surface area contributed by atoms with E-state index in [9.17, 15) is 0 Å². The average Bonchev–Trinajstić information content (AvgIpc) is 2.17. The molecule has 1 N–H and O–H groups in total. The molecule has 0 bridgehead atoms. The van der Waals surface area contributed by atoms with Gasteiger partial charge in [0.1, 0.15) is 0 Å². The first-order chi connectivity index (χ1) is 3.91. The summed E-state index contributed by atoms with van der Waals surface area (Å²) >= 11 is 0. The predicted molar refractivity (Wildman–Crippen MR) is 34.8 cm³/mol. The molecule has 0 saturated carbocycles. The predicted octanol–water partition coefficient (Wildman–Crippen LogP) is -4.59. The summed E-state index contributed by atoms with van der Waals surface area (Å²) in [4.78, 5) is 0. The van der Waals surface area contributed by atoms with Crippen molar-refractivity contribution >= 4 is 0 Å². The van der Waals surface area contributed by atoms with E-state index in [4.69, 9.17) is 5.11 Å². The molecule has 0 unspecified atom stereocenters. The van der Waals surface area contributed by atoms with E-state index in [2.05, 4.69) is 0 Å². The molecule has 0 aliphatic heterocycles. The van der Waals surface area contributed by atoms with Gasteiger partial charge in [-0.3, -0.25) is 0 Å². The van der Waals surface area contributed by atoms with Crippen molar-refractivity contribution < 1.29 is 51.6 Å². The second-order valence-corrected chi connectivity index (χ2v) is 1.28. The maximum Gasteiger partial charge on any atom is 3.00 e. The van der Waals surface area contributed by atoms with Gasteiger partial charge in [0.05, 0.1) is 0 Å². The smallest absolute Gasteiger partial charge is 1.00 e. The van der Waals surface area contributed by atoms with Crippen LogP contribution in [0.2, 0.25) is 0 Å². The van der Waals surface area contributed by atoms with Crippen LogP contribution in [-0.4, -0.2) is 11.7 Å². The quantitative estimate of drug-likeness (QED) is 0.351. The van der Waals surface area contributed by atoms with Crippen molar-refractivity contribution in [3.8, 4) is 0 Å². The van der Waals surface area contributed by atoms with Gasteiger partial charge in [-0.1, -0.05) is 0 Å². The molecule has 4 heteroatoms. The van der Waals surface area contributed by atoms with Gasteiger partial charge in [0, 0.05) is 6.61 Å². The third kappa shape index (κ3) is 25.0. The molecule has 1 aromatic carbocycles. The van der Waals surface area contributed by atoms with E-state index in [-0.39, 0.29) is 53.1 Å². The molecular weight excluding hydrogens is 219 g/mol. The van der Waals surface area contributed by atoms with Crippen LogP contribution in [0.3, 0.4) is 0 Å². The van der Waals surface area contributed by atoms with Crippen LogP contribution in [-0.2, 0) is 21.7 Å². The molecule has 1 radical (unpaired) electrons. The molecule has 0 saturated heterocycles. The van der Waals surface area contributed by atoms with Crippen molar-refractivity contribution in [2.24, 2.45) is 0 Å². The van der Waals surface area contributed by atoms with Gasteiger partial charge >= 0.3 is 21.7 Å². The Morgan fingerprint density at radius 3 is 1.55 bits per heavy atom. The fraction of sp³-hybridized carbons (Fsp3) is 0.286. The van der Waals surface area contributed by atoms with Gasteiger partial charge < -0.3 is 29.9 Å². The third-order valence-corrected chi connectivity index (χ3v) is 0.556. The molecule has 0 atom stereocenters. The van der Waals surface area contributed by atoms with E-state index >= 15 is 0 Å². The second-order valence-electron chi connectivity index (χ2n) is 1.28. The van der Waals surface area contributed by atoms with Crippen LogP contribution >= 0.6 is 0 Å². The van der Waals surface area contributed by atoms with Crippen molar-refractivity contribution in [3.63, 3.8) is 0 Å². The average molecular weight is 230 g/mol. The summed E-state index contributed by atoms with van der Waals surface area (Å²) in [6.07, 6.45) is 0. The summed E-state index contributed by atoms with van der Waals surface area (Å²) in [5, 5.41) is 7.57. The Hall–Kier alpha value is 0.604. The zero-order chi connectivity index (χ0) is 6.24. The van der Waals surface area contributed by atoms with Crippen LogP contribution in [0.25, 0.3) is 0 Å². The first-order valence-electron chi connectivity index (χ1n) is 2.69. The van der Waals surface area contributed by atoms with Crippen molar-refractivity contribution in [1.29, 1.82) is 0 Å². The largest absolute Gasteiger partial charge is 3.00 e. The zero-order valence-corrected chi connectivity index (χ0v) is 9.37. The minimum Gasteiger partial charge on any atom is -1.00 e. The first-order valence-corrected chi connectivity index (χ1v) is 2.69. The molecule has 0 fully saturated rings. The summed E-state index contributed by atoms with van der Waals surface area (Å²) in [5.74, 6) is 0. The van der Waals surface area contributed by atoms with Crippen LogP contribution in [0.15, 0.2) is 30.3 Å². The van der Waals surface area contributed by atoms with Gasteiger partial charge in [-0.2, -0.15) is 18.2 Å². The van der Waals surface area contributed by atoms with Crippen molar-refractivity contribution in [2.75, 3.05) is 6.61 Å². The maximum atomic E-state index is 7.57. The minimum atomic E-state index is 0. The van der Waals surface area contributed by atoms with Crippen LogP contribution < -0.4 is 24.8 Å². The molecule has 1 nitrogen and oxygen atoms in total. The van der Waals surface area contributed by atoms with Crippen molar-refractivity contribution in [2.45, 2.75) is 6.92 Å². The number of hydrogen-bond donors (Lipinski definition) is 1. The normalized spacial score (nSPS) is 5.27. The fourth-order valence-electron chi connectivity index (χ4n) is 0.321. The summed E-state index contributed by atoms with van der Waals surface area (Å²) in [5.41, 5.74) is 0. The number of rotatable bonds is 0. The van der Waals surface area contributed by atoms with E-state index in [0.717, 1.165) is 0 Å². The maximum absolute atomic E-state index is 7.57. The van der Waals surface area contributed by atoms with Gasteiger partial charge in [-0.25, -0.2) is 12.1 Å². The molecule has 63 valence electrons. The Morgan fingerprint density at radius 2 is 1.45 bits per heavy atom. The molecular formula is C7H11Cl2OTi. The van der Waals surface area contributed by atoms with Gasteiger partial charge in [-0.05, 0) is 6.92 Å². The number of hydrogen-bond acceptors (Lipinski definition) is 1. The molecule has 0 aliphatic carbocycles. The van der Waals surface area contributed by atoms with E-state index in [1.165, 1.54) is 0 Å². The second kappa shape index (κ2) is 22.4. The summed E-state index contributed by atoms with van der Waals surface area (Å²) in [6, 6.07) is 10.0. The van der Waals surface area contributed by atoms with E-state index in [1.54, 1.807) is 6.92 Å². The standard InChI is InChI=1S/C5H5.C2H6O.2ClH.Ti/c1-2-4-5-3-1;1-2-3;;;/h1-5H;3H,2H2,1H3;2*1H;/q-1;;;;+3/p-2. The van der Waals surface area contributed by atoms with Crippen LogP contribution in [0.1, 0.15) is 6.92 Å². The van der Waals surface area contributed by atoms with E-state index in [0.29, 0.717) is 0 Å². The fourth-order valence-corrected chi connectivity index (χ4v) is 0.321. The summed E-state index contributed by atoms with van der Waals surface area (Å²) in [6.45, 7) is 1.93. The summed E-state index contributed by atoms with van der Waals surface area (Å²) < 4.78 is 0. The third-order valence-electron chi connectivity index (χ3n) is 0.556. The SMILES string of the molecule is CCO.[Cl-].[Cl-].[Ti+3].c1cc[cH-]c1. The first kappa shape index (κ1) is 22.6. The minimum absolute atomic E-state index is 0. The van der Waals surface area contributed by atoms with Crippen LogP contribution in [0.5, 0.6) is 0 Å². The van der Waals surface area contributed by atoms with E-state index in [1.807, 2.05) is 30.3 Å². The Kier molecular flexibility index (Phi) is 46.0. The zero-order valence-electron chi connectivity index (χ0n) is 6.30. The van der Waals surface area contributed by atoms with E-state index < -0.39 is 0 Å². The summed E-state index contributed by atoms with van der Waals surface area (Å²) in [7, 11) is 0. The molecule has 0 heterocycles. The topological polar surface area (TPSA) is 20.2 Å². The number of aliphatic hydroxyl groups is 1. The van der Waals surface area contributed by atoms with Crippen LogP contribution in [0, 0.1) is 0 Å². The molecule has 1 aromatic rings. The Labute approximate surface area is 95.3 Å². The van der Waals surface area contributed by atoms with Crippen LogP contribution in [0.4, 0.5) is 0 Å². The molecule has 0 aromatic heterocycles. The van der Waals surface area contributed by atoms with Gasteiger partial charge in [0.2, 0.25) is 0 Å². The number of halogens is 2.